The molecule has 5 heteroatoms. The molecule has 1 saturated heterocycles. The van der Waals surface area contributed by atoms with Crippen molar-refractivity contribution in [2.75, 3.05) is 24.6 Å². The third-order valence-electron chi connectivity index (χ3n) is 4.50. The van der Waals surface area contributed by atoms with Crippen LogP contribution in [0.25, 0.3) is 21.6 Å². The van der Waals surface area contributed by atoms with Crippen molar-refractivity contribution in [1.29, 1.82) is 0 Å². The molecule has 0 radical (unpaired) electrons. The zero-order valence-corrected chi connectivity index (χ0v) is 13.7. The number of hydrogen-bond acceptors (Lipinski definition) is 5. The van der Waals surface area contributed by atoms with Gasteiger partial charge in [-0.3, -0.25) is 0 Å². The van der Waals surface area contributed by atoms with Gasteiger partial charge in [0.25, 0.3) is 0 Å². The van der Waals surface area contributed by atoms with E-state index in [0.717, 1.165) is 53.4 Å². The monoisotopic (exact) mass is 325 g/mol. The molecule has 1 fully saturated rings. The minimum Gasteiger partial charge on any atom is -0.396 e. The smallest absolute Gasteiger partial charge is 0.172 e. The van der Waals surface area contributed by atoms with E-state index >= 15 is 0 Å². The third-order valence-corrected chi connectivity index (χ3v) is 5.36. The van der Waals surface area contributed by atoms with Gasteiger partial charge >= 0.3 is 0 Å². The summed E-state index contributed by atoms with van der Waals surface area (Å²) in [6, 6.07) is 12.3. The van der Waals surface area contributed by atoms with E-state index in [1.165, 1.54) is 0 Å². The second-order valence-corrected chi connectivity index (χ2v) is 6.93. The highest BCUT2D eigenvalue weighted by Gasteiger charge is 2.22. The van der Waals surface area contributed by atoms with E-state index in [9.17, 15) is 5.11 Å². The fraction of sp³-hybridized carbons (Fsp3) is 0.333. The van der Waals surface area contributed by atoms with Gasteiger partial charge in [-0.15, -0.1) is 11.3 Å². The molecule has 118 valence electrons. The first-order chi connectivity index (χ1) is 11.3. The first-order valence-corrected chi connectivity index (χ1v) is 8.89. The molecule has 2 aromatic heterocycles. The van der Waals surface area contributed by atoms with Crippen LogP contribution < -0.4 is 4.90 Å². The van der Waals surface area contributed by atoms with Crippen molar-refractivity contribution >= 4 is 28.1 Å². The molecule has 0 spiro atoms. The molecule has 0 aliphatic carbocycles. The molecule has 3 heterocycles. The molecule has 0 bridgehead atoms. The summed E-state index contributed by atoms with van der Waals surface area (Å²) >= 11 is 1.67. The molecular formula is C18H19N3OS. The summed E-state index contributed by atoms with van der Waals surface area (Å²) in [6.07, 6.45) is 2.03. The highest BCUT2D eigenvalue weighted by atomic mass is 32.1. The quantitative estimate of drug-likeness (QED) is 0.800. The Hall–Kier alpha value is -1.98. The Morgan fingerprint density at radius 1 is 1.09 bits per heavy atom. The topological polar surface area (TPSA) is 49.2 Å². The van der Waals surface area contributed by atoms with Crippen LogP contribution in [0.5, 0.6) is 0 Å². The van der Waals surface area contributed by atoms with E-state index in [-0.39, 0.29) is 0 Å². The molecule has 0 saturated carbocycles. The summed E-state index contributed by atoms with van der Waals surface area (Å²) < 4.78 is 0. The number of fused-ring (bicyclic) bond motifs is 1. The number of para-hydroxylation sites is 1. The van der Waals surface area contributed by atoms with E-state index in [0.29, 0.717) is 12.5 Å². The van der Waals surface area contributed by atoms with Crippen LogP contribution in [0.1, 0.15) is 12.8 Å². The Morgan fingerprint density at radius 2 is 1.91 bits per heavy atom. The van der Waals surface area contributed by atoms with E-state index in [1.807, 2.05) is 18.2 Å². The predicted octanol–water partition coefficient (Wildman–Crippen LogP) is 3.57. The Bertz CT molecular complexity index is 795. The lowest BCUT2D eigenvalue weighted by Gasteiger charge is -2.32. The lowest BCUT2D eigenvalue weighted by atomic mass is 9.97. The summed E-state index contributed by atoms with van der Waals surface area (Å²) in [6.45, 7) is 2.17. The standard InChI is InChI=1S/C18H19N3OS/c22-12-13-7-9-21(10-8-13)18-14-4-1-2-5-15(14)19-17(20-18)16-6-3-11-23-16/h1-6,11,13,22H,7-10,12H2. The number of anilines is 1. The van der Waals surface area contributed by atoms with Crippen LogP contribution in [-0.4, -0.2) is 34.8 Å². The molecular weight excluding hydrogens is 306 g/mol. The van der Waals surface area contributed by atoms with Crippen LogP contribution >= 0.6 is 11.3 Å². The average Bonchev–Trinajstić information content (AvgIpc) is 3.15. The van der Waals surface area contributed by atoms with Crippen molar-refractivity contribution < 1.29 is 5.11 Å². The fourth-order valence-electron chi connectivity index (χ4n) is 3.14. The molecule has 1 N–H and O–H groups in total. The molecule has 1 aromatic carbocycles. The van der Waals surface area contributed by atoms with Crippen LogP contribution in [0.15, 0.2) is 41.8 Å². The summed E-state index contributed by atoms with van der Waals surface area (Å²) in [7, 11) is 0. The van der Waals surface area contributed by atoms with Crippen molar-refractivity contribution in [2.24, 2.45) is 5.92 Å². The molecule has 0 amide bonds. The van der Waals surface area contributed by atoms with Crippen molar-refractivity contribution in [3.05, 3.63) is 41.8 Å². The molecule has 23 heavy (non-hydrogen) atoms. The second-order valence-electron chi connectivity index (χ2n) is 5.98. The largest absolute Gasteiger partial charge is 0.396 e. The first-order valence-electron chi connectivity index (χ1n) is 8.01. The first kappa shape index (κ1) is 14.6. The molecule has 4 nitrogen and oxygen atoms in total. The third kappa shape index (κ3) is 2.82. The Morgan fingerprint density at radius 3 is 2.65 bits per heavy atom. The van der Waals surface area contributed by atoms with Gasteiger partial charge in [0.1, 0.15) is 5.82 Å². The predicted molar refractivity (Wildman–Crippen MR) is 94.9 cm³/mol. The Labute approximate surface area is 139 Å². The van der Waals surface area contributed by atoms with Crippen LogP contribution in [0, 0.1) is 5.92 Å². The van der Waals surface area contributed by atoms with Gasteiger partial charge in [0.15, 0.2) is 5.82 Å². The fourth-order valence-corrected chi connectivity index (χ4v) is 3.80. The molecule has 3 aromatic rings. The highest BCUT2D eigenvalue weighted by Crippen LogP contribution is 2.31. The zero-order chi connectivity index (χ0) is 15.6. The maximum atomic E-state index is 9.35. The molecule has 4 rings (SSSR count). The van der Waals surface area contributed by atoms with Gasteiger partial charge in [-0.2, -0.15) is 0 Å². The van der Waals surface area contributed by atoms with Crippen LogP contribution in [0.2, 0.25) is 0 Å². The van der Waals surface area contributed by atoms with Gasteiger partial charge in [0, 0.05) is 25.1 Å². The molecule has 1 aliphatic rings. The Balaban J connectivity index is 1.78. The number of aliphatic hydroxyl groups is 1. The number of benzene rings is 1. The Kier molecular flexibility index (Phi) is 3.97. The van der Waals surface area contributed by atoms with E-state index < -0.39 is 0 Å². The molecule has 0 unspecified atom stereocenters. The van der Waals surface area contributed by atoms with Crippen LogP contribution in [0.4, 0.5) is 5.82 Å². The van der Waals surface area contributed by atoms with Gasteiger partial charge in [0.2, 0.25) is 0 Å². The maximum absolute atomic E-state index is 9.35. The van der Waals surface area contributed by atoms with E-state index in [4.69, 9.17) is 9.97 Å². The van der Waals surface area contributed by atoms with Crippen molar-refractivity contribution in [3.8, 4) is 10.7 Å². The number of aromatic nitrogens is 2. The number of rotatable bonds is 3. The van der Waals surface area contributed by atoms with Gasteiger partial charge in [-0.05, 0) is 42.3 Å². The maximum Gasteiger partial charge on any atom is 0.172 e. The van der Waals surface area contributed by atoms with Gasteiger partial charge in [-0.1, -0.05) is 18.2 Å². The van der Waals surface area contributed by atoms with Crippen LogP contribution in [0.3, 0.4) is 0 Å². The van der Waals surface area contributed by atoms with Gasteiger partial charge < -0.3 is 10.0 Å². The summed E-state index contributed by atoms with van der Waals surface area (Å²) in [5.41, 5.74) is 0.991. The lowest BCUT2D eigenvalue weighted by Crippen LogP contribution is -2.35. The number of hydrogen-bond donors (Lipinski definition) is 1. The average molecular weight is 325 g/mol. The minimum atomic E-state index is 0.290. The highest BCUT2D eigenvalue weighted by molar-refractivity contribution is 7.13. The van der Waals surface area contributed by atoms with Crippen molar-refractivity contribution in [3.63, 3.8) is 0 Å². The molecule has 1 aliphatic heterocycles. The summed E-state index contributed by atoms with van der Waals surface area (Å²) in [5, 5.41) is 12.5. The lowest BCUT2D eigenvalue weighted by molar-refractivity contribution is 0.203. The minimum absolute atomic E-state index is 0.290. The molecule has 0 atom stereocenters. The summed E-state index contributed by atoms with van der Waals surface area (Å²) in [4.78, 5) is 13.1. The van der Waals surface area contributed by atoms with Crippen LogP contribution in [-0.2, 0) is 0 Å². The van der Waals surface area contributed by atoms with E-state index in [1.54, 1.807) is 11.3 Å². The van der Waals surface area contributed by atoms with Gasteiger partial charge in [-0.25, -0.2) is 9.97 Å². The number of aliphatic hydroxyl groups excluding tert-OH is 1. The number of thiophene rings is 1. The van der Waals surface area contributed by atoms with Crippen molar-refractivity contribution in [1.82, 2.24) is 9.97 Å². The van der Waals surface area contributed by atoms with E-state index in [2.05, 4.69) is 28.5 Å². The normalized spacial score (nSPS) is 16.1. The second kappa shape index (κ2) is 6.26. The zero-order valence-electron chi connectivity index (χ0n) is 12.9. The number of nitrogens with zero attached hydrogens (tertiary/aromatic N) is 3. The van der Waals surface area contributed by atoms with Gasteiger partial charge in [0.05, 0.1) is 10.4 Å². The van der Waals surface area contributed by atoms with Crippen molar-refractivity contribution in [2.45, 2.75) is 12.8 Å². The number of piperidine rings is 1. The SMILES string of the molecule is OCC1CCN(c2nc(-c3cccs3)nc3ccccc23)CC1. The summed E-state index contributed by atoms with van der Waals surface area (Å²) in [5.74, 6) is 2.25.